The molecule has 1 heterocycles. The zero-order chi connectivity index (χ0) is 11.9. The highest BCUT2D eigenvalue weighted by Gasteiger charge is 2.08. The Labute approximate surface area is 108 Å². The van der Waals surface area contributed by atoms with Crippen LogP contribution in [0.2, 0.25) is 0 Å². The third-order valence-corrected chi connectivity index (χ3v) is 3.78. The Balaban J connectivity index is 1.77. The SMILES string of the molecule is CCSc1ccc(NCN2CCNCC2)cc1. The molecule has 0 spiro atoms. The van der Waals surface area contributed by atoms with Crippen molar-refractivity contribution in [3.05, 3.63) is 24.3 Å². The Morgan fingerprint density at radius 1 is 1.24 bits per heavy atom. The van der Waals surface area contributed by atoms with Crippen LogP contribution in [0.4, 0.5) is 5.69 Å². The lowest BCUT2D eigenvalue weighted by Gasteiger charge is -2.27. The van der Waals surface area contributed by atoms with Crippen LogP contribution in [0.15, 0.2) is 29.2 Å². The molecule has 2 N–H and O–H groups in total. The van der Waals surface area contributed by atoms with E-state index in [9.17, 15) is 0 Å². The van der Waals surface area contributed by atoms with Crippen LogP contribution in [-0.2, 0) is 0 Å². The van der Waals surface area contributed by atoms with Crippen molar-refractivity contribution >= 4 is 17.4 Å². The summed E-state index contributed by atoms with van der Waals surface area (Å²) >= 11 is 1.88. The third kappa shape index (κ3) is 4.22. The van der Waals surface area contributed by atoms with Crippen LogP contribution in [0.1, 0.15) is 6.92 Å². The third-order valence-electron chi connectivity index (χ3n) is 2.88. The van der Waals surface area contributed by atoms with E-state index in [1.165, 1.54) is 10.6 Å². The number of benzene rings is 1. The number of rotatable bonds is 5. The van der Waals surface area contributed by atoms with E-state index in [-0.39, 0.29) is 0 Å². The smallest absolute Gasteiger partial charge is 0.0679 e. The number of nitrogens with zero attached hydrogens (tertiary/aromatic N) is 1. The van der Waals surface area contributed by atoms with Crippen LogP contribution in [0.25, 0.3) is 0 Å². The number of hydrogen-bond donors (Lipinski definition) is 2. The van der Waals surface area contributed by atoms with E-state index in [2.05, 4.69) is 46.7 Å². The summed E-state index contributed by atoms with van der Waals surface area (Å²) in [6.45, 7) is 7.61. The Morgan fingerprint density at radius 3 is 2.59 bits per heavy atom. The number of nitrogens with one attached hydrogen (secondary N) is 2. The molecule has 0 radical (unpaired) electrons. The van der Waals surface area contributed by atoms with Crippen LogP contribution in [-0.4, -0.2) is 43.5 Å². The molecule has 1 aliphatic heterocycles. The first kappa shape index (κ1) is 12.7. The lowest BCUT2D eigenvalue weighted by Crippen LogP contribution is -2.45. The summed E-state index contributed by atoms with van der Waals surface area (Å²) in [5.41, 5.74) is 1.21. The van der Waals surface area contributed by atoms with Gasteiger partial charge in [-0.3, -0.25) is 4.90 Å². The summed E-state index contributed by atoms with van der Waals surface area (Å²) in [6, 6.07) is 8.71. The first-order chi connectivity index (χ1) is 8.38. The highest BCUT2D eigenvalue weighted by atomic mass is 32.2. The minimum absolute atomic E-state index is 0.946. The Hall–Kier alpha value is -0.710. The Bertz CT molecular complexity index is 320. The monoisotopic (exact) mass is 251 g/mol. The van der Waals surface area contributed by atoms with E-state index in [0.717, 1.165) is 38.6 Å². The largest absolute Gasteiger partial charge is 0.372 e. The highest BCUT2D eigenvalue weighted by Crippen LogP contribution is 2.19. The van der Waals surface area contributed by atoms with Gasteiger partial charge in [-0.05, 0) is 30.0 Å². The quantitative estimate of drug-likeness (QED) is 0.784. The summed E-state index contributed by atoms with van der Waals surface area (Å²) < 4.78 is 0. The molecule has 17 heavy (non-hydrogen) atoms. The van der Waals surface area contributed by atoms with E-state index >= 15 is 0 Å². The maximum atomic E-state index is 3.47. The van der Waals surface area contributed by atoms with Gasteiger partial charge in [0.1, 0.15) is 0 Å². The molecule has 1 aromatic carbocycles. The lowest BCUT2D eigenvalue weighted by atomic mass is 10.3. The fraction of sp³-hybridized carbons (Fsp3) is 0.538. The van der Waals surface area contributed by atoms with E-state index in [4.69, 9.17) is 0 Å². The maximum Gasteiger partial charge on any atom is 0.0679 e. The van der Waals surface area contributed by atoms with Crippen molar-refractivity contribution in [3.63, 3.8) is 0 Å². The van der Waals surface area contributed by atoms with Gasteiger partial charge >= 0.3 is 0 Å². The normalized spacial score (nSPS) is 17.0. The van der Waals surface area contributed by atoms with Crippen LogP contribution in [0.5, 0.6) is 0 Å². The minimum atomic E-state index is 0.946. The molecule has 0 aliphatic carbocycles. The first-order valence-corrected chi connectivity index (χ1v) is 7.27. The van der Waals surface area contributed by atoms with Gasteiger partial charge in [0.15, 0.2) is 0 Å². The molecule has 1 aliphatic rings. The van der Waals surface area contributed by atoms with Gasteiger partial charge in [-0.2, -0.15) is 0 Å². The van der Waals surface area contributed by atoms with Crippen molar-refractivity contribution in [2.24, 2.45) is 0 Å². The first-order valence-electron chi connectivity index (χ1n) is 6.28. The molecule has 0 amide bonds. The number of anilines is 1. The van der Waals surface area contributed by atoms with Gasteiger partial charge in [-0.15, -0.1) is 11.8 Å². The average molecular weight is 251 g/mol. The summed E-state index contributed by atoms with van der Waals surface area (Å²) in [4.78, 5) is 3.78. The Morgan fingerprint density at radius 2 is 1.94 bits per heavy atom. The van der Waals surface area contributed by atoms with Crippen LogP contribution >= 0.6 is 11.8 Å². The van der Waals surface area contributed by atoms with Crippen LogP contribution in [0.3, 0.4) is 0 Å². The maximum absolute atomic E-state index is 3.47. The van der Waals surface area contributed by atoms with Crippen LogP contribution < -0.4 is 10.6 Å². The van der Waals surface area contributed by atoms with Gasteiger partial charge < -0.3 is 10.6 Å². The lowest BCUT2D eigenvalue weighted by molar-refractivity contribution is 0.256. The van der Waals surface area contributed by atoms with Gasteiger partial charge in [-0.25, -0.2) is 0 Å². The van der Waals surface area contributed by atoms with Crippen LogP contribution in [0, 0.1) is 0 Å². The van der Waals surface area contributed by atoms with E-state index < -0.39 is 0 Å². The minimum Gasteiger partial charge on any atom is -0.372 e. The summed E-state index contributed by atoms with van der Waals surface area (Å²) in [5.74, 6) is 1.13. The molecule has 1 fully saturated rings. The molecular weight excluding hydrogens is 230 g/mol. The van der Waals surface area contributed by atoms with Crippen molar-refractivity contribution < 1.29 is 0 Å². The predicted molar refractivity (Wildman–Crippen MR) is 75.8 cm³/mol. The molecule has 1 aromatic rings. The molecule has 0 bridgehead atoms. The summed E-state index contributed by atoms with van der Waals surface area (Å²) in [7, 11) is 0. The van der Waals surface area contributed by atoms with Crippen molar-refractivity contribution in [2.45, 2.75) is 11.8 Å². The highest BCUT2D eigenvalue weighted by molar-refractivity contribution is 7.99. The second-order valence-electron chi connectivity index (χ2n) is 4.16. The van der Waals surface area contributed by atoms with Gasteiger partial charge in [0.25, 0.3) is 0 Å². The van der Waals surface area contributed by atoms with E-state index in [1.807, 2.05) is 11.8 Å². The standard InChI is InChI=1S/C13H21N3S/c1-2-17-13-5-3-12(4-6-13)15-11-16-9-7-14-8-10-16/h3-6,14-15H,2,7-11H2,1H3. The van der Waals surface area contributed by atoms with Crippen molar-refractivity contribution in [2.75, 3.05) is 43.9 Å². The van der Waals surface area contributed by atoms with Gasteiger partial charge in [0.05, 0.1) is 6.67 Å². The Kier molecular flexibility index (Phi) is 5.16. The van der Waals surface area contributed by atoms with Crippen molar-refractivity contribution in [1.82, 2.24) is 10.2 Å². The zero-order valence-electron chi connectivity index (χ0n) is 10.4. The zero-order valence-corrected chi connectivity index (χ0v) is 11.2. The average Bonchev–Trinajstić information content (AvgIpc) is 2.40. The molecule has 94 valence electrons. The molecule has 0 unspecified atom stereocenters. The van der Waals surface area contributed by atoms with Crippen molar-refractivity contribution in [1.29, 1.82) is 0 Å². The van der Waals surface area contributed by atoms with Gasteiger partial charge in [0.2, 0.25) is 0 Å². The molecule has 4 heteroatoms. The van der Waals surface area contributed by atoms with Crippen molar-refractivity contribution in [3.8, 4) is 0 Å². The molecule has 2 rings (SSSR count). The van der Waals surface area contributed by atoms with Gasteiger partial charge in [-0.1, -0.05) is 6.92 Å². The molecule has 1 saturated heterocycles. The summed E-state index contributed by atoms with van der Waals surface area (Å²) in [5, 5.41) is 6.83. The molecule has 0 atom stereocenters. The summed E-state index contributed by atoms with van der Waals surface area (Å²) in [6.07, 6.45) is 0. The van der Waals surface area contributed by atoms with Gasteiger partial charge in [0, 0.05) is 36.8 Å². The number of piperazine rings is 1. The predicted octanol–water partition coefficient (Wildman–Crippen LogP) is 2.07. The van der Waals surface area contributed by atoms with E-state index in [1.54, 1.807) is 0 Å². The topological polar surface area (TPSA) is 27.3 Å². The van der Waals surface area contributed by atoms with E-state index in [0.29, 0.717) is 0 Å². The fourth-order valence-electron chi connectivity index (χ4n) is 1.91. The second kappa shape index (κ2) is 6.89. The number of thioether (sulfide) groups is 1. The molecular formula is C13H21N3S. The number of hydrogen-bond acceptors (Lipinski definition) is 4. The molecule has 0 aromatic heterocycles. The molecule has 3 nitrogen and oxygen atoms in total. The second-order valence-corrected chi connectivity index (χ2v) is 5.50. The fourth-order valence-corrected chi connectivity index (χ4v) is 2.57. The molecule has 0 saturated carbocycles.